The molecule has 2 aromatic carbocycles. The van der Waals surface area contributed by atoms with E-state index in [4.69, 9.17) is 0 Å². The van der Waals surface area contributed by atoms with Crippen molar-refractivity contribution in [1.82, 2.24) is 9.80 Å². The zero-order valence-corrected chi connectivity index (χ0v) is 18.7. The first-order valence-corrected chi connectivity index (χ1v) is 10.8. The van der Waals surface area contributed by atoms with Gasteiger partial charge in [0.1, 0.15) is 0 Å². The van der Waals surface area contributed by atoms with Gasteiger partial charge in [-0.3, -0.25) is 9.69 Å². The van der Waals surface area contributed by atoms with Crippen molar-refractivity contribution in [1.29, 1.82) is 0 Å². The standard InChI is InChI=1S/C21H22F3IN4O2/c22-21(23,24)15-6-1-3-8-17(15)26-19(30)14-28-10-5-11-29(13-12-28)20(31)27-18-9-4-2-7-16(18)25/h1-4,6-9H,5,10-14H2,(H,26,30)(H,27,31). The summed E-state index contributed by atoms with van der Waals surface area (Å²) >= 11 is 2.15. The first kappa shape index (κ1) is 23.3. The molecule has 0 spiro atoms. The molecule has 1 heterocycles. The minimum atomic E-state index is -4.54. The quantitative estimate of drug-likeness (QED) is 0.556. The molecule has 0 saturated carbocycles. The lowest BCUT2D eigenvalue weighted by molar-refractivity contribution is -0.137. The number of carbonyl (C=O) groups is 2. The number of hydrogen-bond donors (Lipinski definition) is 2. The van der Waals surface area contributed by atoms with Crippen molar-refractivity contribution in [2.45, 2.75) is 12.6 Å². The van der Waals surface area contributed by atoms with Gasteiger partial charge in [-0.05, 0) is 53.3 Å². The number of rotatable bonds is 4. The average Bonchev–Trinajstić information content (AvgIpc) is 2.95. The molecule has 3 rings (SSSR count). The predicted molar refractivity (Wildman–Crippen MR) is 121 cm³/mol. The van der Waals surface area contributed by atoms with Gasteiger partial charge in [0.25, 0.3) is 0 Å². The fourth-order valence-electron chi connectivity index (χ4n) is 3.32. The Hall–Kier alpha value is -2.34. The van der Waals surface area contributed by atoms with Crippen LogP contribution in [-0.4, -0.2) is 54.5 Å². The number of alkyl halides is 3. The second kappa shape index (κ2) is 10.3. The molecule has 1 aliphatic heterocycles. The van der Waals surface area contributed by atoms with Gasteiger partial charge in [0.05, 0.1) is 23.5 Å². The third kappa shape index (κ3) is 6.57. The zero-order chi connectivity index (χ0) is 22.4. The van der Waals surface area contributed by atoms with E-state index in [2.05, 4.69) is 33.2 Å². The molecule has 3 amide bonds. The Labute approximate surface area is 191 Å². The first-order valence-electron chi connectivity index (χ1n) is 9.73. The molecule has 0 aromatic heterocycles. The molecule has 0 radical (unpaired) electrons. The Morgan fingerprint density at radius 3 is 2.29 bits per heavy atom. The highest BCUT2D eigenvalue weighted by atomic mass is 127. The van der Waals surface area contributed by atoms with Gasteiger partial charge in [-0.25, -0.2) is 4.79 Å². The molecular weight excluding hydrogens is 524 g/mol. The van der Waals surface area contributed by atoms with Gasteiger partial charge in [-0.15, -0.1) is 0 Å². The number of benzene rings is 2. The molecule has 2 N–H and O–H groups in total. The lowest BCUT2D eigenvalue weighted by Crippen LogP contribution is -2.39. The molecule has 31 heavy (non-hydrogen) atoms. The fraction of sp³-hybridized carbons (Fsp3) is 0.333. The Balaban J connectivity index is 1.54. The summed E-state index contributed by atoms with van der Waals surface area (Å²) in [5, 5.41) is 5.25. The summed E-state index contributed by atoms with van der Waals surface area (Å²) in [5.41, 5.74) is -0.400. The van der Waals surface area contributed by atoms with Crippen LogP contribution in [0.3, 0.4) is 0 Å². The van der Waals surface area contributed by atoms with Crippen molar-refractivity contribution in [3.8, 4) is 0 Å². The van der Waals surface area contributed by atoms with Crippen molar-refractivity contribution >= 4 is 45.9 Å². The molecule has 0 aliphatic carbocycles. The highest BCUT2D eigenvalue weighted by Crippen LogP contribution is 2.34. The van der Waals surface area contributed by atoms with Crippen LogP contribution >= 0.6 is 22.6 Å². The number of urea groups is 1. The number of anilines is 2. The minimum Gasteiger partial charge on any atom is -0.324 e. The Bertz CT molecular complexity index is 939. The van der Waals surface area contributed by atoms with Gasteiger partial charge < -0.3 is 15.5 Å². The van der Waals surface area contributed by atoms with Gasteiger partial charge in [-0.2, -0.15) is 13.2 Å². The topological polar surface area (TPSA) is 64.7 Å². The molecule has 10 heteroatoms. The second-order valence-corrected chi connectivity index (χ2v) is 8.28. The van der Waals surface area contributed by atoms with Crippen molar-refractivity contribution < 1.29 is 22.8 Å². The summed E-state index contributed by atoms with van der Waals surface area (Å²) in [6.07, 6.45) is -3.89. The SMILES string of the molecule is O=C(CN1CCCN(C(=O)Nc2ccccc2I)CC1)Nc1ccccc1C(F)(F)F. The molecule has 0 bridgehead atoms. The van der Waals surface area contributed by atoms with Crippen molar-refractivity contribution in [3.63, 3.8) is 0 Å². The molecule has 1 fully saturated rings. The van der Waals surface area contributed by atoms with Gasteiger partial charge in [0, 0.05) is 29.7 Å². The van der Waals surface area contributed by atoms with Crippen LogP contribution in [-0.2, 0) is 11.0 Å². The summed E-state index contributed by atoms with van der Waals surface area (Å²) in [5.74, 6) is -0.520. The summed E-state index contributed by atoms with van der Waals surface area (Å²) in [6.45, 7) is 1.93. The third-order valence-corrected chi connectivity index (χ3v) is 5.81. The number of nitrogens with one attached hydrogen (secondary N) is 2. The normalized spacial score (nSPS) is 15.3. The van der Waals surface area contributed by atoms with Crippen molar-refractivity contribution in [2.75, 3.05) is 43.4 Å². The summed E-state index contributed by atoms with van der Waals surface area (Å²) in [4.78, 5) is 28.5. The zero-order valence-electron chi connectivity index (χ0n) is 16.6. The molecule has 6 nitrogen and oxygen atoms in total. The average molecular weight is 546 g/mol. The summed E-state index contributed by atoms with van der Waals surface area (Å²) in [6, 6.07) is 12.1. The maximum Gasteiger partial charge on any atom is 0.418 e. The summed E-state index contributed by atoms with van der Waals surface area (Å²) in [7, 11) is 0. The maximum atomic E-state index is 13.1. The van der Waals surface area contributed by atoms with E-state index in [1.54, 1.807) is 4.90 Å². The smallest absolute Gasteiger partial charge is 0.324 e. The van der Waals surface area contributed by atoms with Gasteiger partial charge in [-0.1, -0.05) is 24.3 Å². The number of amides is 3. The Morgan fingerprint density at radius 2 is 1.58 bits per heavy atom. The number of nitrogens with zero attached hydrogens (tertiary/aromatic N) is 2. The molecule has 1 saturated heterocycles. The predicted octanol–water partition coefficient (Wildman–Crippen LogP) is 4.49. The maximum absolute atomic E-state index is 13.1. The van der Waals surface area contributed by atoms with Crippen LogP contribution in [0.1, 0.15) is 12.0 Å². The molecule has 166 valence electrons. The van der Waals surface area contributed by atoms with Crippen LogP contribution < -0.4 is 10.6 Å². The molecule has 0 unspecified atom stereocenters. The highest BCUT2D eigenvalue weighted by Gasteiger charge is 2.33. The van der Waals surface area contributed by atoms with Crippen LogP contribution in [0.2, 0.25) is 0 Å². The van der Waals surface area contributed by atoms with Crippen LogP contribution in [0.25, 0.3) is 0 Å². The monoisotopic (exact) mass is 546 g/mol. The lowest BCUT2D eigenvalue weighted by atomic mass is 10.1. The lowest BCUT2D eigenvalue weighted by Gasteiger charge is -2.22. The Morgan fingerprint density at radius 1 is 0.903 bits per heavy atom. The van der Waals surface area contributed by atoms with E-state index in [9.17, 15) is 22.8 Å². The molecule has 2 aromatic rings. The van der Waals surface area contributed by atoms with Gasteiger partial charge in [0.2, 0.25) is 5.91 Å². The van der Waals surface area contributed by atoms with E-state index >= 15 is 0 Å². The largest absolute Gasteiger partial charge is 0.418 e. The van der Waals surface area contributed by atoms with Crippen LogP contribution in [0, 0.1) is 3.57 Å². The van der Waals surface area contributed by atoms with Crippen LogP contribution in [0.15, 0.2) is 48.5 Å². The van der Waals surface area contributed by atoms with E-state index in [1.807, 2.05) is 29.2 Å². The van der Waals surface area contributed by atoms with Gasteiger partial charge >= 0.3 is 12.2 Å². The number of para-hydroxylation sites is 2. The minimum absolute atomic E-state index is 0.0434. The van der Waals surface area contributed by atoms with E-state index < -0.39 is 17.6 Å². The fourth-order valence-corrected chi connectivity index (χ4v) is 3.84. The highest BCUT2D eigenvalue weighted by molar-refractivity contribution is 14.1. The van der Waals surface area contributed by atoms with Crippen LogP contribution in [0.4, 0.5) is 29.3 Å². The van der Waals surface area contributed by atoms with E-state index in [-0.39, 0.29) is 18.3 Å². The molecular formula is C21H22F3IN4O2. The summed E-state index contributed by atoms with van der Waals surface area (Å²) < 4.78 is 40.2. The Kier molecular flexibility index (Phi) is 7.76. The third-order valence-electron chi connectivity index (χ3n) is 4.86. The van der Waals surface area contributed by atoms with Crippen LogP contribution in [0.5, 0.6) is 0 Å². The molecule has 1 aliphatic rings. The van der Waals surface area contributed by atoms with Crippen molar-refractivity contribution in [2.24, 2.45) is 0 Å². The van der Waals surface area contributed by atoms with Crippen molar-refractivity contribution in [3.05, 3.63) is 57.7 Å². The van der Waals surface area contributed by atoms with E-state index in [1.165, 1.54) is 18.2 Å². The van der Waals surface area contributed by atoms with E-state index in [0.29, 0.717) is 32.6 Å². The van der Waals surface area contributed by atoms with Gasteiger partial charge in [0.15, 0.2) is 0 Å². The first-order chi connectivity index (χ1) is 14.7. The number of carbonyl (C=O) groups excluding carboxylic acids is 2. The van der Waals surface area contributed by atoms with E-state index in [0.717, 1.165) is 15.3 Å². The second-order valence-electron chi connectivity index (χ2n) is 7.12. The molecule has 0 atom stereocenters. The number of halogens is 4. The number of hydrogen-bond acceptors (Lipinski definition) is 3.